The normalized spacial score (nSPS) is 27.8. The Kier molecular flexibility index (Phi) is 3.79. The number of aromatic nitrogens is 1. The van der Waals surface area contributed by atoms with Crippen LogP contribution in [0.3, 0.4) is 0 Å². The monoisotopic (exact) mass is 317 g/mol. The predicted octanol–water partition coefficient (Wildman–Crippen LogP) is 2.66. The van der Waals surface area contributed by atoms with E-state index in [9.17, 15) is 4.39 Å². The summed E-state index contributed by atoms with van der Waals surface area (Å²) in [5, 5.41) is 3.17. The third-order valence-corrected chi connectivity index (χ3v) is 4.66. The van der Waals surface area contributed by atoms with Crippen LogP contribution < -0.4 is 5.32 Å². The molecule has 0 aromatic carbocycles. The molecule has 122 valence electrons. The Bertz CT molecular complexity index is 664. The Labute approximate surface area is 134 Å². The molecule has 2 saturated heterocycles. The van der Waals surface area contributed by atoms with E-state index in [0.717, 1.165) is 38.2 Å². The molecule has 6 heteroatoms. The first kappa shape index (κ1) is 14.7. The van der Waals surface area contributed by atoms with Crippen molar-refractivity contribution in [3.8, 4) is 0 Å². The molecular formula is C17H20FN3O2. The van der Waals surface area contributed by atoms with Gasteiger partial charge in [-0.1, -0.05) is 0 Å². The van der Waals surface area contributed by atoms with E-state index in [1.165, 1.54) is 6.07 Å². The van der Waals surface area contributed by atoms with Gasteiger partial charge >= 0.3 is 0 Å². The molecule has 1 N–H and O–H groups in total. The molecule has 0 radical (unpaired) electrons. The molecular weight excluding hydrogens is 297 g/mol. The first-order chi connectivity index (χ1) is 11.2. The number of pyridine rings is 1. The van der Waals surface area contributed by atoms with Crippen LogP contribution in [0.4, 0.5) is 10.2 Å². The lowest BCUT2D eigenvalue weighted by atomic mass is 9.97. The summed E-state index contributed by atoms with van der Waals surface area (Å²) < 4.78 is 25.2. The Morgan fingerprint density at radius 3 is 3.17 bits per heavy atom. The molecule has 2 aromatic rings. The smallest absolute Gasteiger partial charge is 0.165 e. The van der Waals surface area contributed by atoms with Crippen LogP contribution in [-0.4, -0.2) is 41.2 Å². The van der Waals surface area contributed by atoms with Crippen LogP contribution in [0, 0.1) is 5.82 Å². The molecule has 4 heterocycles. The molecule has 23 heavy (non-hydrogen) atoms. The van der Waals surface area contributed by atoms with Crippen LogP contribution in [0.1, 0.15) is 18.6 Å². The highest BCUT2D eigenvalue weighted by Gasteiger charge is 2.45. The van der Waals surface area contributed by atoms with E-state index in [4.69, 9.17) is 9.15 Å². The molecule has 5 nitrogen and oxygen atoms in total. The quantitative estimate of drug-likeness (QED) is 0.939. The summed E-state index contributed by atoms with van der Waals surface area (Å²) in [5.41, 5.74) is -0.129. The highest BCUT2D eigenvalue weighted by atomic mass is 19.1. The zero-order chi connectivity index (χ0) is 15.7. The van der Waals surface area contributed by atoms with E-state index < -0.39 is 0 Å². The van der Waals surface area contributed by atoms with Crippen molar-refractivity contribution in [1.82, 2.24) is 9.88 Å². The third kappa shape index (κ3) is 3.09. The zero-order valence-electron chi connectivity index (χ0n) is 12.9. The number of anilines is 1. The lowest BCUT2D eigenvalue weighted by molar-refractivity contribution is 0.0115. The van der Waals surface area contributed by atoms with Crippen LogP contribution in [0.2, 0.25) is 0 Å². The fourth-order valence-corrected chi connectivity index (χ4v) is 3.59. The molecule has 2 fully saturated rings. The van der Waals surface area contributed by atoms with Crippen molar-refractivity contribution in [2.75, 3.05) is 25.0 Å². The second-order valence-electron chi connectivity index (χ2n) is 6.41. The summed E-state index contributed by atoms with van der Waals surface area (Å²) in [6, 6.07) is 7.02. The highest BCUT2D eigenvalue weighted by Crippen LogP contribution is 2.36. The minimum absolute atomic E-state index is 0.1000. The van der Waals surface area contributed by atoms with Gasteiger partial charge in [0.05, 0.1) is 31.1 Å². The van der Waals surface area contributed by atoms with Crippen molar-refractivity contribution in [1.29, 1.82) is 0 Å². The molecule has 2 atom stereocenters. The van der Waals surface area contributed by atoms with Crippen LogP contribution in [-0.2, 0) is 11.3 Å². The van der Waals surface area contributed by atoms with E-state index in [1.54, 1.807) is 18.5 Å². The molecule has 0 amide bonds. The van der Waals surface area contributed by atoms with E-state index >= 15 is 0 Å². The SMILES string of the molecule is Fc1cccnc1N[C@@H]1CO[C@]2(CCN(Cc3ccco3)C2)C1. The van der Waals surface area contributed by atoms with Gasteiger partial charge in [-0.25, -0.2) is 9.37 Å². The summed E-state index contributed by atoms with van der Waals surface area (Å²) in [5.74, 6) is 0.966. The molecule has 2 aliphatic heterocycles. The van der Waals surface area contributed by atoms with Crippen LogP contribution in [0.25, 0.3) is 0 Å². The zero-order valence-corrected chi connectivity index (χ0v) is 12.9. The van der Waals surface area contributed by atoms with Gasteiger partial charge in [-0.3, -0.25) is 4.90 Å². The van der Waals surface area contributed by atoms with E-state index in [2.05, 4.69) is 15.2 Å². The lowest BCUT2D eigenvalue weighted by Crippen LogP contribution is -2.33. The topological polar surface area (TPSA) is 50.5 Å². The fourth-order valence-electron chi connectivity index (χ4n) is 3.59. The van der Waals surface area contributed by atoms with Crippen molar-refractivity contribution < 1.29 is 13.5 Å². The molecule has 0 aliphatic carbocycles. The van der Waals surface area contributed by atoms with Gasteiger partial charge in [0.2, 0.25) is 0 Å². The second kappa shape index (κ2) is 5.94. The molecule has 0 bridgehead atoms. The van der Waals surface area contributed by atoms with E-state index in [-0.39, 0.29) is 17.5 Å². The van der Waals surface area contributed by atoms with Gasteiger partial charge in [0, 0.05) is 25.7 Å². The summed E-state index contributed by atoms with van der Waals surface area (Å²) in [6.45, 7) is 3.28. The molecule has 4 rings (SSSR count). The van der Waals surface area contributed by atoms with Gasteiger partial charge in [0.15, 0.2) is 11.6 Å². The summed E-state index contributed by atoms with van der Waals surface area (Å²) in [6.07, 6.45) is 5.17. The number of likely N-dealkylation sites (tertiary alicyclic amines) is 1. The average Bonchev–Trinajstić information content (AvgIpc) is 3.26. The van der Waals surface area contributed by atoms with Crippen molar-refractivity contribution in [2.45, 2.75) is 31.0 Å². The number of hydrogen-bond acceptors (Lipinski definition) is 5. The van der Waals surface area contributed by atoms with Gasteiger partial charge in [-0.15, -0.1) is 0 Å². The minimum atomic E-state index is -0.320. The molecule has 0 saturated carbocycles. The summed E-state index contributed by atoms with van der Waals surface area (Å²) in [7, 11) is 0. The maximum atomic E-state index is 13.7. The van der Waals surface area contributed by atoms with Gasteiger partial charge in [0.1, 0.15) is 5.76 Å². The van der Waals surface area contributed by atoms with Crippen molar-refractivity contribution in [3.05, 3.63) is 48.3 Å². The van der Waals surface area contributed by atoms with Gasteiger partial charge in [-0.05, 0) is 30.7 Å². The van der Waals surface area contributed by atoms with E-state index in [0.29, 0.717) is 12.4 Å². The maximum Gasteiger partial charge on any atom is 0.165 e. The second-order valence-corrected chi connectivity index (χ2v) is 6.41. The summed E-state index contributed by atoms with van der Waals surface area (Å²) >= 11 is 0. The number of nitrogens with one attached hydrogen (secondary N) is 1. The van der Waals surface area contributed by atoms with Crippen LogP contribution in [0.5, 0.6) is 0 Å². The average molecular weight is 317 g/mol. The first-order valence-corrected chi connectivity index (χ1v) is 7.98. The Morgan fingerprint density at radius 1 is 1.39 bits per heavy atom. The number of ether oxygens (including phenoxy) is 1. The highest BCUT2D eigenvalue weighted by molar-refractivity contribution is 5.37. The van der Waals surface area contributed by atoms with Gasteiger partial charge in [0.25, 0.3) is 0 Å². The van der Waals surface area contributed by atoms with Crippen LogP contribution >= 0.6 is 0 Å². The van der Waals surface area contributed by atoms with Crippen molar-refractivity contribution in [2.24, 2.45) is 0 Å². The molecule has 2 aromatic heterocycles. The Morgan fingerprint density at radius 2 is 2.35 bits per heavy atom. The predicted molar refractivity (Wildman–Crippen MR) is 83.5 cm³/mol. The van der Waals surface area contributed by atoms with Crippen molar-refractivity contribution >= 4 is 5.82 Å². The number of nitrogens with zero attached hydrogens (tertiary/aromatic N) is 2. The maximum absolute atomic E-state index is 13.7. The number of rotatable bonds is 4. The molecule has 0 unspecified atom stereocenters. The number of halogens is 1. The standard InChI is InChI=1S/C17H20FN3O2/c18-15-4-1-6-19-16(15)20-13-9-17(23-11-13)5-7-21(12-17)10-14-3-2-8-22-14/h1-4,6,8,13H,5,7,9-12H2,(H,19,20)/t13-,17+/m0/s1. The van der Waals surface area contributed by atoms with Crippen molar-refractivity contribution in [3.63, 3.8) is 0 Å². The number of hydrogen-bond donors (Lipinski definition) is 1. The Hall–Kier alpha value is -1.92. The van der Waals surface area contributed by atoms with Gasteiger partial charge in [-0.2, -0.15) is 0 Å². The number of furan rings is 1. The van der Waals surface area contributed by atoms with Crippen LogP contribution in [0.15, 0.2) is 41.1 Å². The summed E-state index contributed by atoms with van der Waals surface area (Å²) in [4.78, 5) is 6.41. The minimum Gasteiger partial charge on any atom is -0.468 e. The van der Waals surface area contributed by atoms with Gasteiger partial charge < -0.3 is 14.5 Å². The van der Waals surface area contributed by atoms with E-state index in [1.807, 2.05) is 12.1 Å². The first-order valence-electron chi connectivity index (χ1n) is 7.98. The Balaban J connectivity index is 1.36. The fraction of sp³-hybridized carbons (Fsp3) is 0.471. The molecule has 1 spiro atoms. The molecule has 2 aliphatic rings. The largest absolute Gasteiger partial charge is 0.468 e. The third-order valence-electron chi connectivity index (χ3n) is 4.66. The lowest BCUT2D eigenvalue weighted by Gasteiger charge is -2.23.